The van der Waals surface area contributed by atoms with E-state index in [2.05, 4.69) is 41.3 Å². The van der Waals surface area contributed by atoms with Crippen LogP contribution in [0.25, 0.3) is 0 Å². The fraction of sp³-hybridized carbons (Fsp3) is 0.483. The maximum atomic E-state index is 12.9. The van der Waals surface area contributed by atoms with Gasteiger partial charge in [0, 0.05) is 37.7 Å². The topological polar surface area (TPSA) is 174 Å². The molecule has 0 radical (unpaired) electrons. The van der Waals surface area contributed by atoms with E-state index in [0.717, 1.165) is 24.8 Å². The Kier molecular flexibility index (Phi) is 13.6. The highest BCUT2D eigenvalue weighted by Crippen LogP contribution is 2.29. The Balaban J connectivity index is 1.92. The SMILES string of the molecule is COc1cc(CNC(=O)CCCC/C=C/C(C)C)ccc1OC(=O)[C@H](CC(=O)O)CC(=O)[C@@H](N)Cc1cnc[nH]1. The van der Waals surface area contributed by atoms with Crippen molar-refractivity contribution in [1.29, 1.82) is 0 Å². The second kappa shape index (κ2) is 16.9. The maximum absolute atomic E-state index is 12.9. The van der Waals surface area contributed by atoms with Crippen LogP contribution < -0.4 is 20.5 Å². The standard InChI is InChI=1S/C29H40N4O7/c1-19(2)8-6-4-5-7-9-27(35)32-16-20-10-11-25(26(12-20)39-3)40-29(38)21(14-28(36)37)13-24(34)23(30)15-22-17-31-18-33-22/h6,8,10-12,17-19,21,23H,4-5,7,9,13-16,30H2,1-3H3,(H,31,33)(H,32,35)(H,36,37)/b8-6+/t21-,23-/m0/s1. The van der Waals surface area contributed by atoms with E-state index >= 15 is 0 Å². The van der Waals surface area contributed by atoms with Gasteiger partial charge >= 0.3 is 11.9 Å². The molecule has 1 amide bonds. The van der Waals surface area contributed by atoms with Gasteiger partial charge in [0.05, 0.1) is 31.8 Å². The van der Waals surface area contributed by atoms with Crippen molar-refractivity contribution in [3.63, 3.8) is 0 Å². The quantitative estimate of drug-likeness (QED) is 0.0929. The molecular weight excluding hydrogens is 516 g/mol. The Morgan fingerprint density at radius 1 is 1.15 bits per heavy atom. The zero-order chi connectivity index (χ0) is 29.5. The number of Topliss-reactive ketones (excluding diaryl/α,β-unsaturated/α-hetero) is 1. The fourth-order valence-corrected chi connectivity index (χ4v) is 3.89. The highest BCUT2D eigenvalue weighted by molar-refractivity contribution is 5.90. The third kappa shape index (κ3) is 11.8. The van der Waals surface area contributed by atoms with Crippen LogP contribution in [0.2, 0.25) is 0 Å². The molecule has 1 aromatic carbocycles. The van der Waals surface area contributed by atoms with Gasteiger partial charge in [0.1, 0.15) is 0 Å². The first kappa shape index (κ1) is 32.2. The lowest BCUT2D eigenvalue weighted by Crippen LogP contribution is -2.36. The number of hydrogen-bond acceptors (Lipinski definition) is 8. The second-order valence-corrected chi connectivity index (χ2v) is 9.95. The zero-order valence-electron chi connectivity index (χ0n) is 23.4. The lowest BCUT2D eigenvalue weighted by atomic mass is 9.94. The van der Waals surface area contributed by atoms with Crippen LogP contribution >= 0.6 is 0 Å². The minimum absolute atomic E-state index is 0.0609. The van der Waals surface area contributed by atoms with E-state index in [0.29, 0.717) is 18.0 Å². The largest absolute Gasteiger partial charge is 0.493 e. The molecule has 0 aliphatic carbocycles. The van der Waals surface area contributed by atoms with Gasteiger partial charge < -0.3 is 30.6 Å². The molecule has 0 saturated heterocycles. The number of aliphatic carboxylic acids is 1. The van der Waals surface area contributed by atoms with Crippen LogP contribution in [0.5, 0.6) is 11.5 Å². The molecular formula is C29H40N4O7. The van der Waals surface area contributed by atoms with E-state index in [1.54, 1.807) is 12.1 Å². The molecule has 0 aliphatic heterocycles. The predicted octanol–water partition coefficient (Wildman–Crippen LogP) is 3.33. The molecule has 11 heteroatoms. The Morgan fingerprint density at radius 3 is 2.58 bits per heavy atom. The number of H-pyrrole nitrogens is 1. The maximum Gasteiger partial charge on any atom is 0.315 e. The summed E-state index contributed by atoms with van der Waals surface area (Å²) in [4.78, 5) is 55.8. The van der Waals surface area contributed by atoms with Crippen LogP contribution in [-0.2, 0) is 32.1 Å². The first-order chi connectivity index (χ1) is 19.1. The van der Waals surface area contributed by atoms with E-state index in [-0.39, 0.29) is 36.8 Å². The lowest BCUT2D eigenvalue weighted by molar-refractivity contribution is -0.147. The normalized spacial score (nSPS) is 12.7. The summed E-state index contributed by atoms with van der Waals surface area (Å²) in [6.07, 6.45) is 9.58. The van der Waals surface area contributed by atoms with Crippen molar-refractivity contribution in [3.8, 4) is 11.5 Å². The van der Waals surface area contributed by atoms with Crippen LogP contribution in [0.15, 0.2) is 42.9 Å². The Hall–Kier alpha value is -3.99. The van der Waals surface area contributed by atoms with Crippen molar-refractivity contribution in [2.24, 2.45) is 17.6 Å². The molecule has 0 fully saturated rings. The number of unbranched alkanes of at least 4 members (excludes halogenated alkanes) is 2. The number of nitrogens with zero attached hydrogens (tertiary/aromatic N) is 1. The van der Waals surface area contributed by atoms with Crippen molar-refractivity contribution in [2.75, 3.05) is 7.11 Å². The summed E-state index contributed by atoms with van der Waals surface area (Å²) < 4.78 is 10.8. The van der Waals surface area contributed by atoms with Gasteiger partial charge in [0.2, 0.25) is 5.91 Å². The Labute approximate surface area is 234 Å². The van der Waals surface area contributed by atoms with Crippen molar-refractivity contribution >= 4 is 23.6 Å². The molecule has 2 rings (SSSR count). The summed E-state index contributed by atoms with van der Waals surface area (Å²) in [5.41, 5.74) is 7.33. The number of hydrogen-bond donors (Lipinski definition) is 4. The molecule has 218 valence electrons. The molecule has 1 aromatic heterocycles. The van der Waals surface area contributed by atoms with E-state index in [4.69, 9.17) is 15.2 Å². The number of nitrogens with two attached hydrogens (primary N) is 1. The van der Waals surface area contributed by atoms with Gasteiger partial charge in [0.25, 0.3) is 0 Å². The molecule has 11 nitrogen and oxygen atoms in total. The number of carboxylic acids is 1. The van der Waals surface area contributed by atoms with Gasteiger partial charge in [-0.3, -0.25) is 19.2 Å². The molecule has 0 aliphatic rings. The molecule has 40 heavy (non-hydrogen) atoms. The lowest BCUT2D eigenvalue weighted by Gasteiger charge is -2.17. The molecule has 0 spiro atoms. The number of amides is 1. The van der Waals surface area contributed by atoms with E-state index in [9.17, 15) is 24.3 Å². The summed E-state index contributed by atoms with van der Waals surface area (Å²) in [6, 6.07) is 3.86. The number of ether oxygens (including phenoxy) is 2. The Morgan fingerprint density at radius 2 is 1.93 bits per heavy atom. The summed E-state index contributed by atoms with van der Waals surface area (Å²) in [5.74, 6) is -3.07. The average Bonchev–Trinajstić information content (AvgIpc) is 3.42. The monoisotopic (exact) mass is 556 g/mol. The Bertz CT molecular complexity index is 1150. The number of benzene rings is 1. The number of imidazole rings is 1. The smallest absolute Gasteiger partial charge is 0.315 e. The number of carbonyl (C=O) groups is 4. The number of aromatic nitrogens is 2. The third-order valence-corrected chi connectivity index (χ3v) is 6.08. The van der Waals surface area contributed by atoms with Gasteiger partial charge in [-0.05, 0) is 42.9 Å². The second-order valence-electron chi connectivity index (χ2n) is 9.95. The summed E-state index contributed by atoms with van der Waals surface area (Å²) in [7, 11) is 1.40. The van der Waals surface area contributed by atoms with Crippen molar-refractivity contribution in [1.82, 2.24) is 15.3 Å². The predicted molar refractivity (Wildman–Crippen MR) is 149 cm³/mol. The molecule has 2 atom stereocenters. The number of rotatable bonds is 18. The van der Waals surface area contributed by atoms with Gasteiger partial charge in [-0.2, -0.15) is 0 Å². The number of esters is 1. The summed E-state index contributed by atoms with van der Waals surface area (Å²) in [5, 5.41) is 12.2. The van der Waals surface area contributed by atoms with Crippen LogP contribution in [0, 0.1) is 11.8 Å². The highest BCUT2D eigenvalue weighted by atomic mass is 16.6. The molecule has 0 bridgehead atoms. The van der Waals surface area contributed by atoms with Gasteiger partial charge in [0.15, 0.2) is 17.3 Å². The third-order valence-electron chi connectivity index (χ3n) is 6.08. The van der Waals surface area contributed by atoms with Crippen molar-refractivity contribution in [2.45, 2.75) is 71.4 Å². The number of nitrogens with one attached hydrogen (secondary N) is 2. The zero-order valence-corrected chi connectivity index (χ0v) is 23.4. The minimum atomic E-state index is -1.25. The first-order valence-electron chi connectivity index (χ1n) is 13.4. The minimum Gasteiger partial charge on any atom is -0.493 e. The number of allylic oxidation sites excluding steroid dienone is 2. The van der Waals surface area contributed by atoms with Gasteiger partial charge in [-0.25, -0.2) is 4.98 Å². The highest BCUT2D eigenvalue weighted by Gasteiger charge is 2.29. The van der Waals surface area contributed by atoms with Crippen LogP contribution in [0.4, 0.5) is 0 Å². The van der Waals surface area contributed by atoms with E-state index in [1.165, 1.54) is 25.7 Å². The van der Waals surface area contributed by atoms with Gasteiger partial charge in [-0.1, -0.05) is 32.1 Å². The number of aromatic amines is 1. The van der Waals surface area contributed by atoms with Crippen LogP contribution in [0.1, 0.15) is 63.6 Å². The van der Waals surface area contributed by atoms with Crippen LogP contribution in [0.3, 0.4) is 0 Å². The number of methoxy groups -OCH3 is 1. The van der Waals surface area contributed by atoms with Gasteiger partial charge in [-0.15, -0.1) is 0 Å². The first-order valence-corrected chi connectivity index (χ1v) is 13.4. The molecule has 2 aromatic rings. The molecule has 0 unspecified atom stereocenters. The molecule has 1 heterocycles. The number of carboxylic acid groups (broad SMARTS) is 1. The molecule has 5 N–H and O–H groups in total. The van der Waals surface area contributed by atoms with Crippen molar-refractivity contribution < 1.29 is 33.8 Å². The molecule has 0 saturated carbocycles. The van der Waals surface area contributed by atoms with E-state index in [1.807, 2.05) is 0 Å². The summed E-state index contributed by atoms with van der Waals surface area (Å²) in [6.45, 7) is 4.51. The number of carbonyl (C=O) groups excluding carboxylic acids is 3. The van der Waals surface area contributed by atoms with E-state index < -0.39 is 36.1 Å². The fourth-order valence-electron chi connectivity index (χ4n) is 3.89. The van der Waals surface area contributed by atoms with Crippen LogP contribution in [-0.4, -0.2) is 51.9 Å². The number of ketones is 1. The average molecular weight is 557 g/mol. The summed E-state index contributed by atoms with van der Waals surface area (Å²) >= 11 is 0. The van der Waals surface area contributed by atoms with Crippen molar-refractivity contribution in [3.05, 3.63) is 54.1 Å².